The molecule has 3 aliphatic rings. The fraction of sp³-hybridized carbons (Fsp3) is 0.611. The maximum Gasteiger partial charge on any atom is 0.242 e. The minimum atomic E-state index is -3.67. The first-order valence-corrected chi connectivity index (χ1v) is 10.3. The summed E-state index contributed by atoms with van der Waals surface area (Å²) in [5, 5.41) is 3.06. The second-order valence-electron chi connectivity index (χ2n) is 7.55. The van der Waals surface area contributed by atoms with Crippen LogP contribution in [-0.4, -0.2) is 62.9 Å². The van der Waals surface area contributed by atoms with Crippen molar-refractivity contribution in [3.05, 3.63) is 30.3 Å². The Kier molecular flexibility index (Phi) is 3.94. The molecule has 0 unspecified atom stereocenters. The monoisotopic (exact) mass is 364 g/mol. The maximum absolute atomic E-state index is 13.0. The minimum absolute atomic E-state index is 0.0431. The molecule has 3 fully saturated rings. The molecule has 1 aliphatic heterocycles. The molecule has 4 rings (SSSR count). The summed E-state index contributed by atoms with van der Waals surface area (Å²) < 4.78 is 30.5. The van der Waals surface area contributed by atoms with Crippen molar-refractivity contribution in [1.82, 2.24) is 10.2 Å². The lowest BCUT2D eigenvalue weighted by Gasteiger charge is -2.51. The van der Waals surface area contributed by atoms with Gasteiger partial charge in [-0.15, -0.1) is 0 Å². The molecule has 1 amide bonds. The quantitative estimate of drug-likeness (QED) is 0.837. The topological polar surface area (TPSA) is 75.7 Å². The number of fused-ring (bicyclic) bond motifs is 1. The Bertz CT molecular complexity index is 774. The summed E-state index contributed by atoms with van der Waals surface area (Å²) in [7, 11) is 0.262. The van der Waals surface area contributed by atoms with Crippen LogP contribution < -0.4 is 5.32 Å². The molecule has 25 heavy (non-hydrogen) atoms. The minimum Gasteiger partial charge on any atom is -0.376 e. The smallest absolute Gasteiger partial charge is 0.242 e. The van der Waals surface area contributed by atoms with Crippen LogP contribution in [0.15, 0.2) is 35.2 Å². The molecule has 1 saturated heterocycles. The number of nitrogens with one attached hydrogen (secondary N) is 1. The van der Waals surface area contributed by atoms with Crippen molar-refractivity contribution in [3.8, 4) is 0 Å². The summed E-state index contributed by atoms with van der Waals surface area (Å²) in [6, 6.07) is 8.34. The van der Waals surface area contributed by atoms with E-state index < -0.39 is 14.6 Å². The number of carbonyl (C=O) groups is 1. The van der Waals surface area contributed by atoms with Crippen LogP contribution in [0.1, 0.15) is 19.3 Å². The third-order valence-corrected chi connectivity index (χ3v) is 8.44. The van der Waals surface area contributed by atoms with Gasteiger partial charge in [-0.05, 0) is 45.5 Å². The zero-order valence-electron chi connectivity index (χ0n) is 14.5. The highest BCUT2D eigenvalue weighted by Gasteiger charge is 2.63. The van der Waals surface area contributed by atoms with E-state index in [1.165, 1.54) is 0 Å². The van der Waals surface area contributed by atoms with E-state index in [4.69, 9.17) is 4.74 Å². The highest BCUT2D eigenvalue weighted by Crippen LogP contribution is 2.48. The standard InChI is InChI=1S/C18H24N2O4S/c1-20(2)15-14(13-8-11-24-16(13)15)19-17(21)18(9-10-18)25(22,23)12-6-4-3-5-7-12/h3-7,13-16H,8-11H2,1-2H3,(H,19,21)/t13-,14+,15-,16-/m1/s1. The second kappa shape index (κ2) is 5.79. The summed E-state index contributed by atoms with van der Waals surface area (Å²) in [6.07, 6.45) is 1.83. The zero-order chi connectivity index (χ0) is 17.8. The van der Waals surface area contributed by atoms with E-state index in [2.05, 4.69) is 10.2 Å². The number of nitrogens with zero attached hydrogens (tertiary/aromatic N) is 1. The number of rotatable bonds is 5. The maximum atomic E-state index is 13.0. The molecule has 4 atom stereocenters. The van der Waals surface area contributed by atoms with Crippen molar-refractivity contribution >= 4 is 15.7 Å². The van der Waals surface area contributed by atoms with Gasteiger partial charge in [-0.3, -0.25) is 4.79 Å². The first kappa shape index (κ1) is 17.0. The van der Waals surface area contributed by atoms with E-state index in [0.717, 1.165) is 6.42 Å². The van der Waals surface area contributed by atoms with Crippen LogP contribution in [0.4, 0.5) is 0 Å². The van der Waals surface area contributed by atoms with Crippen LogP contribution in [0.25, 0.3) is 0 Å². The number of carbonyl (C=O) groups excluding carboxylic acids is 1. The zero-order valence-corrected chi connectivity index (χ0v) is 15.3. The Morgan fingerprint density at radius 2 is 1.92 bits per heavy atom. The summed E-state index contributed by atoms with van der Waals surface area (Å²) in [4.78, 5) is 15.2. The fourth-order valence-electron chi connectivity index (χ4n) is 4.32. The lowest BCUT2D eigenvalue weighted by atomic mass is 9.71. The average Bonchev–Trinajstić information content (AvgIpc) is 3.31. The van der Waals surface area contributed by atoms with Crippen LogP contribution >= 0.6 is 0 Å². The number of amides is 1. The van der Waals surface area contributed by atoms with Crippen molar-refractivity contribution in [1.29, 1.82) is 0 Å². The summed E-state index contributed by atoms with van der Waals surface area (Å²) in [5.41, 5.74) is 0. The molecule has 0 aromatic heterocycles. The third kappa shape index (κ3) is 2.44. The molecule has 1 heterocycles. The third-order valence-electron chi connectivity index (χ3n) is 5.93. The number of likely N-dealkylation sites (N-methyl/N-ethyl adjacent to an activating group) is 1. The first-order chi connectivity index (χ1) is 11.9. The van der Waals surface area contributed by atoms with Gasteiger partial charge in [0.15, 0.2) is 14.6 Å². The molecule has 2 aliphatic carbocycles. The van der Waals surface area contributed by atoms with Crippen LogP contribution in [0.5, 0.6) is 0 Å². The van der Waals surface area contributed by atoms with Crippen LogP contribution in [-0.2, 0) is 19.4 Å². The van der Waals surface area contributed by atoms with E-state index in [9.17, 15) is 13.2 Å². The van der Waals surface area contributed by atoms with Crippen LogP contribution in [0, 0.1) is 5.92 Å². The van der Waals surface area contributed by atoms with Gasteiger partial charge in [-0.2, -0.15) is 0 Å². The Morgan fingerprint density at radius 3 is 2.52 bits per heavy atom. The molecule has 0 bridgehead atoms. The van der Waals surface area contributed by atoms with E-state index in [-0.39, 0.29) is 34.9 Å². The van der Waals surface area contributed by atoms with E-state index >= 15 is 0 Å². The van der Waals surface area contributed by atoms with Crippen molar-refractivity contribution in [2.75, 3.05) is 20.7 Å². The van der Waals surface area contributed by atoms with Gasteiger partial charge in [0.1, 0.15) is 0 Å². The van der Waals surface area contributed by atoms with Gasteiger partial charge < -0.3 is 15.0 Å². The average molecular weight is 364 g/mol. The normalized spacial score (nSPS) is 32.8. The highest BCUT2D eigenvalue weighted by molar-refractivity contribution is 7.94. The van der Waals surface area contributed by atoms with Crippen LogP contribution in [0.3, 0.4) is 0 Å². The van der Waals surface area contributed by atoms with E-state index in [0.29, 0.717) is 19.4 Å². The van der Waals surface area contributed by atoms with Gasteiger partial charge in [0.05, 0.1) is 23.1 Å². The lowest BCUT2D eigenvalue weighted by molar-refractivity contribution is -0.128. The number of benzene rings is 1. The molecule has 1 N–H and O–H groups in total. The number of ether oxygens (including phenoxy) is 1. The summed E-state index contributed by atoms with van der Waals surface area (Å²) in [5.74, 6) is -0.0647. The van der Waals surface area contributed by atoms with Crippen molar-refractivity contribution < 1.29 is 17.9 Å². The molecule has 136 valence electrons. The van der Waals surface area contributed by atoms with Gasteiger partial charge in [0.2, 0.25) is 5.91 Å². The van der Waals surface area contributed by atoms with Gasteiger partial charge in [0.25, 0.3) is 0 Å². The van der Waals surface area contributed by atoms with Crippen molar-refractivity contribution in [3.63, 3.8) is 0 Å². The van der Waals surface area contributed by atoms with E-state index in [1.54, 1.807) is 30.3 Å². The number of sulfone groups is 1. The molecule has 6 nitrogen and oxygen atoms in total. The van der Waals surface area contributed by atoms with Gasteiger partial charge in [0, 0.05) is 12.5 Å². The van der Waals surface area contributed by atoms with Crippen LogP contribution in [0.2, 0.25) is 0 Å². The molecular formula is C18H24N2O4S. The summed E-state index contributed by atoms with van der Waals surface area (Å²) in [6.45, 7) is 0.708. The van der Waals surface area contributed by atoms with Gasteiger partial charge in [-0.25, -0.2) is 8.42 Å². The molecule has 2 saturated carbocycles. The predicted molar refractivity (Wildman–Crippen MR) is 92.8 cm³/mol. The fourth-order valence-corrected chi connectivity index (χ4v) is 6.23. The Morgan fingerprint density at radius 1 is 1.24 bits per heavy atom. The number of hydrogen-bond donors (Lipinski definition) is 1. The second-order valence-corrected chi connectivity index (χ2v) is 9.81. The molecule has 0 spiro atoms. The van der Waals surface area contributed by atoms with Crippen molar-refractivity contribution in [2.45, 2.75) is 47.1 Å². The number of hydrogen-bond acceptors (Lipinski definition) is 5. The molecule has 7 heteroatoms. The summed E-state index contributed by atoms with van der Waals surface area (Å²) >= 11 is 0. The molecule has 1 aromatic rings. The van der Waals surface area contributed by atoms with Gasteiger partial charge in [-0.1, -0.05) is 18.2 Å². The van der Waals surface area contributed by atoms with Gasteiger partial charge >= 0.3 is 0 Å². The Hall–Kier alpha value is -1.44. The molecule has 0 radical (unpaired) electrons. The SMILES string of the molecule is CN(C)[C@@H]1[C@@H](NC(=O)C2(S(=O)(=O)c3ccccc3)CC2)[C@H]2CCO[C@H]21. The Labute approximate surface area is 148 Å². The molecule has 1 aromatic carbocycles. The molecular weight excluding hydrogens is 340 g/mol. The van der Waals surface area contributed by atoms with Crippen molar-refractivity contribution in [2.24, 2.45) is 5.92 Å². The first-order valence-electron chi connectivity index (χ1n) is 8.77. The Balaban J connectivity index is 1.55. The highest BCUT2D eigenvalue weighted by atomic mass is 32.2. The van der Waals surface area contributed by atoms with E-state index in [1.807, 2.05) is 14.1 Å². The lowest BCUT2D eigenvalue weighted by Crippen LogP contribution is -2.70. The predicted octanol–water partition coefficient (Wildman–Crippen LogP) is 0.827. The largest absolute Gasteiger partial charge is 0.376 e.